The maximum atomic E-state index is 5.81. The summed E-state index contributed by atoms with van der Waals surface area (Å²) >= 11 is 5.81. The lowest BCUT2D eigenvalue weighted by Crippen LogP contribution is -2.19. The Hall–Kier alpha value is -0.630. The highest BCUT2D eigenvalue weighted by Gasteiger charge is 2.25. The van der Waals surface area contributed by atoms with Gasteiger partial charge in [0.05, 0.1) is 11.6 Å². The molecule has 94 valence electrons. The quantitative estimate of drug-likeness (QED) is 0.756. The molecule has 0 aromatic carbocycles. The van der Waals surface area contributed by atoms with Gasteiger partial charge in [-0.1, -0.05) is 13.8 Å². The van der Waals surface area contributed by atoms with E-state index in [1.165, 1.54) is 25.7 Å². The Morgan fingerprint density at radius 1 is 1.29 bits per heavy atom. The van der Waals surface area contributed by atoms with Crippen LogP contribution in [-0.2, 0) is 5.88 Å². The van der Waals surface area contributed by atoms with Gasteiger partial charge in [0.1, 0.15) is 5.82 Å². The summed E-state index contributed by atoms with van der Waals surface area (Å²) in [5.41, 5.74) is 0.947. The fourth-order valence-corrected chi connectivity index (χ4v) is 2.88. The molecule has 1 aromatic heterocycles. The Morgan fingerprint density at radius 2 is 2.00 bits per heavy atom. The third-order valence-electron chi connectivity index (χ3n) is 3.95. The second kappa shape index (κ2) is 5.81. The van der Waals surface area contributed by atoms with Crippen LogP contribution in [0.4, 0.5) is 0 Å². The number of alkyl halides is 1. The van der Waals surface area contributed by atoms with E-state index in [0.717, 1.165) is 23.4 Å². The summed E-state index contributed by atoms with van der Waals surface area (Å²) in [5, 5.41) is 0. The Balaban J connectivity index is 2.00. The van der Waals surface area contributed by atoms with Gasteiger partial charge in [-0.05, 0) is 43.6 Å². The number of nitrogens with zero attached hydrogens (tertiary/aromatic N) is 2. The first-order chi connectivity index (χ1) is 8.20. The first-order valence-corrected chi connectivity index (χ1v) is 7.12. The summed E-state index contributed by atoms with van der Waals surface area (Å²) < 4.78 is 0. The number of aromatic nitrogens is 2. The van der Waals surface area contributed by atoms with Crippen molar-refractivity contribution < 1.29 is 0 Å². The number of halogens is 1. The van der Waals surface area contributed by atoms with Gasteiger partial charge in [0.25, 0.3) is 0 Å². The van der Waals surface area contributed by atoms with Gasteiger partial charge in [-0.3, -0.25) is 0 Å². The van der Waals surface area contributed by atoms with Gasteiger partial charge in [-0.15, -0.1) is 11.6 Å². The summed E-state index contributed by atoms with van der Waals surface area (Å²) in [6.07, 6.45) is 6.94. The van der Waals surface area contributed by atoms with Crippen LogP contribution in [0.5, 0.6) is 0 Å². The van der Waals surface area contributed by atoms with E-state index in [0.29, 0.717) is 11.8 Å². The molecule has 0 amide bonds. The van der Waals surface area contributed by atoms with Crippen molar-refractivity contribution in [1.82, 2.24) is 9.97 Å². The van der Waals surface area contributed by atoms with Crippen LogP contribution in [0.3, 0.4) is 0 Å². The Labute approximate surface area is 109 Å². The van der Waals surface area contributed by atoms with E-state index < -0.39 is 0 Å². The van der Waals surface area contributed by atoms with Gasteiger partial charge in [0.2, 0.25) is 0 Å². The third kappa shape index (κ3) is 3.19. The first-order valence-electron chi connectivity index (χ1n) is 6.58. The van der Waals surface area contributed by atoms with Gasteiger partial charge in [0, 0.05) is 12.1 Å². The Kier molecular flexibility index (Phi) is 4.38. The first kappa shape index (κ1) is 12.8. The Bertz CT molecular complexity index is 357. The molecule has 0 atom stereocenters. The van der Waals surface area contributed by atoms with Crippen LogP contribution in [0.1, 0.15) is 57.0 Å². The number of hydrogen-bond donors (Lipinski definition) is 0. The van der Waals surface area contributed by atoms with E-state index in [1.807, 2.05) is 12.3 Å². The molecule has 2 rings (SSSR count). The van der Waals surface area contributed by atoms with Crippen LogP contribution in [0, 0.1) is 11.8 Å². The largest absolute Gasteiger partial charge is 0.241 e. The van der Waals surface area contributed by atoms with Crippen molar-refractivity contribution in [1.29, 1.82) is 0 Å². The fourth-order valence-electron chi connectivity index (χ4n) is 2.73. The minimum Gasteiger partial charge on any atom is -0.241 e. The number of rotatable bonds is 3. The smallest absolute Gasteiger partial charge is 0.131 e. The molecule has 1 fully saturated rings. The summed E-state index contributed by atoms with van der Waals surface area (Å²) in [4.78, 5) is 8.95. The van der Waals surface area contributed by atoms with E-state index >= 15 is 0 Å². The molecule has 17 heavy (non-hydrogen) atoms. The molecule has 1 aromatic rings. The highest BCUT2D eigenvalue weighted by molar-refractivity contribution is 6.16. The zero-order valence-corrected chi connectivity index (χ0v) is 11.5. The van der Waals surface area contributed by atoms with Crippen LogP contribution < -0.4 is 0 Å². The van der Waals surface area contributed by atoms with Gasteiger partial charge >= 0.3 is 0 Å². The fraction of sp³-hybridized carbons (Fsp3) is 0.714. The topological polar surface area (TPSA) is 25.8 Å². The molecule has 0 spiro atoms. The molecule has 1 aliphatic rings. The molecule has 3 heteroatoms. The SMILES string of the molecule is CC(C)C1CCC(c2nccc(CCl)n2)CC1. The second-order valence-corrected chi connectivity index (χ2v) is 5.66. The van der Waals surface area contributed by atoms with Crippen molar-refractivity contribution in [3.8, 4) is 0 Å². The van der Waals surface area contributed by atoms with E-state index in [1.54, 1.807) is 0 Å². The van der Waals surface area contributed by atoms with Crippen LogP contribution >= 0.6 is 11.6 Å². The molecule has 0 unspecified atom stereocenters. The van der Waals surface area contributed by atoms with Gasteiger partial charge in [0.15, 0.2) is 0 Å². The van der Waals surface area contributed by atoms with Crippen LogP contribution in [0.25, 0.3) is 0 Å². The van der Waals surface area contributed by atoms with E-state index in [4.69, 9.17) is 11.6 Å². The average molecular weight is 253 g/mol. The van der Waals surface area contributed by atoms with Crippen LogP contribution in [0.2, 0.25) is 0 Å². The van der Waals surface area contributed by atoms with E-state index in [2.05, 4.69) is 23.8 Å². The van der Waals surface area contributed by atoms with E-state index in [-0.39, 0.29) is 0 Å². The van der Waals surface area contributed by atoms with Gasteiger partial charge < -0.3 is 0 Å². The molecular formula is C14H21ClN2. The molecule has 0 aliphatic heterocycles. The molecule has 1 saturated carbocycles. The standard InChI is InChI=1S/C14H21ClN2/c1-10(2)11-3-5-12(6-4-11)14-16-8-7-13(9-15)17-14/h7-8,10-12H,3-6,9H2,1-2H3. The van der Waals surface area contributed by atoms with Gasteiger partial charge in [-0.2, -0.15) is 0 Å². The van der Waals surface area contributed by atoms with Crippen molar-refractivity contribution in [2.45, 2.75) is 51.3 Å². The lowest BCUT2D eigenvalue weighted by molar-refractivity contribution is 0.254. The molecule has 2 nitrogen and oxygen atoms in total. The van der Waals surface area contributed by atoms with E-state index in [9.17, 15) is 0 Å². The summed E-state index contributed by atoms with van der Waals surface area (Å²) in [6.45, 7) is 4.66. The Morgan fingerprint density at radius 3 is 2.59 bits per heavy atom. The molecule has 0 saturated heterocycles. The molecule has 1 aliphatic carbocycles. The number of hydrogen-bond acceptors (Lipinski definition) is 2. The zero-order valence-electron chi connectivity index (χ0n) is 10.7. The summed E-state index contributed by atoms with van der Waals surface area (Å²) in [6, 6.07) is 1.90. The monoisotopic (exact) mass is 252 g/mol. The molecule has 0 bridgehead atoms. The summed E-state index contributed by atoms with van der Waals surface area (Å²) in [7, 11) is 0. The van der Waals surface area contributed by atoms with Crippen molar-refractivity contribution in [3.05, 3.63) is 23.8 Å². The van der Waals surface area contributed by atoms with Crippen LogP contribution in [0.15, 0.2) is 12.3 Å². The third-order valence-corrected chi connectivity index (χ3v) is 4.22. The maximum Gasteiger partial charge on any atom is 0.131 e. The predicted molar refractivity (Wildman–Crippen MR) is 71.1 cm³/mol. The highest BCUT2D eigenvalue weighted by Crippen LogP contribution is 2.37. The average Bonchev–Trinajstić information content (AvgIpc) is 2.39. The predicted octanol–water partition coefficient (Wildman–Crippen LogP) is 4.15. The van der Waals surface area contributed by atoms with Crippen molar-refractivity contribution in [2.24, 2.45) is 11.8 Å². The van der Waals surface area contributed by atoms with Crippen molar-refractivity contribution in [2.75, 3.05) is 0 Å². The van der Waals surface area contributed by atoms with Crippen LogP contribution in [-0.4, -0.2) is 9.97 Å². The molecule has 1 heterocycles. The van der Waals surface area contributed by atoms with Gasteiger partial charge in [-0.25, -0.2) is 9.97 Å². The van der Waals surface area contributed by atoms with Crippen molar-refractivity contribution >= 4 is 11.6 Å². The lowest BCUT2D eigenvalue weighted by atomic mass is 9.77. The van der Waals surface area contributed by atoms with Crippen molar-refractivity contribution in [3.63, 3.8) is 0 Å². The molecular weight excluding hydrogens is 232 g/mol. The molecule has 0 radical (unpaired) electrons. The minimum absolute atomic E-state index is 0.483. The minimum atomic E-state index is 0.483. The normalized spacial score (nSPS) is 25.2. The maximum absolute atomic E-state index is 5.81. The lowest BCUT2D eigenvalue weighted by Gasteiger charge is -2.30. The zero-order chi connectivity index (χ0) is 12.3. The second-order valence-electron chi connectivity index (χ2n) is 5.40. The molecule has 0 N–H and O–H groups in total. The highest BCUT2D eigenvalue weighted by atomic mass is 35.5. The summed E-state index contributed by atoms with van der Waals surface area (Å²) in [5.74, 6) is 3.74.